The highest BCUT2D eigenvalue weighted by molar-refractivity contribution is 6.03. The minimum atomic E-state index is -1.18. The molecule has 3 unspecified atom stereocenters. The monoisotopic (exact) mass is 551 g/mol. The third-order valence-corrected chi connectivity index (χ3v) is 9.44. The number of carbonyl (C=O) groups is 3. The van der Waals surface area contributed by atoms with Crippen molar-refractivity contribution in [3.63, 3.8) is 0 Å². The maximum atomic E-state index is 14.6. The first-order valence-corrected chi connectivity index (χ1v) is 14.4. The molecule has 3 aliphatic rings. The highest BCUT2D eigenvalue weighted by Gasteiger charge is 2.80. The number of aliphatic hydroxyl groups is 1. The molecule has 1 N–H and O–H groups in total. The number of hydrogen-bond acceptors (Lipinski definition) is 5. The molecular formula is C32H45N3O5. The SMILES string of the molecule is C=CCN(C(=O)[C@H]1[C@H]2C(=O)N([C@@H](CO)C(C)C)C(C(=O)N(CC=C)C(C)C)C23CC(C)[C@]1(C)O3)c1ccccc1. The van der Waals surface area contributed by atoms with Crippen LogP contribution in [0.2, 0.25) is 0 Å². The van der Waals surface area contributed by atoms with E-state index in [1.165, 1.54) is 0 Å². The maximum absolute atomic E-state index is 14.6. The molecule has 0 radical (unpaired) electrons. The fourth-order valence-electron chi connectivity index (χ4n) is 7.39. The zero-order valence-electron chi connectivity index (χ0n) is 24.7. The molecule has 3 aliphatic heterocycles. The van der Waals surface area contributed by atoms with Gasteiger partial charge in [0.05, 0.1) is 30.1 Å². The molecule has 4 rings (SSSR count). The van der Waals surface area contributed by atoms with Crippen LogP contribution in [0.5, 0.6) is 0 Å². The first kappa shape index (κ1) is 30.0. The topological polar surface area (TPSA) is 90.4 Å². The summed E-state index contributed by atoms with van der Waals surface area (Å²) in [5.41, 5.74) is -1.41. The standard InChI is InChI=1S/C32H45N3O5/c1-9-16-33(21(5)6)30(39)27-32-18-22(7)31(8,40-32)25(26(32)29(38)35(27)24(19-36)20(3)4)28(37)34(17-10-2)23-14-12-11-13-15-23/h9-15,20-22,24-27,36H,1-2,16-19H2,3-8H3/t22?,24-,25+,26-,27?,31-,32?/m0/s1. The molecular weight excluding hydrogens is 506 g/mol. The second-order valence-electron chi connectivity index (χ2n) is 12.4. The van der Waals surface area contributed by atoms with Crippen LogP contribution in [0.25, 0.3) is 0 Å². The number of aliphatic hydroxyl groups excluding tert-OH is 1. The number of para-hydroxylation sites is 1. The van der Waals surface area contributed by atoms with E-state index in [1.54, 1.807) is 26.9 Å². The van der Waals surface area contributed by atoms with Crippen LogP contribution in [0, 0.1) is 23.7 Å². The fraction of sp³-hybridized carbons (Fsp3) is 0.594. The molecule has 0 aromatic heterocycles. The summed E-state index contributed by atoms with van der Waals surface area (Å²) in [7, 11) is 0. The van der Waals surface area contributed by atoms with E-state index in [-0.39, 0.29) is 48.8 Å². The van der Waals surface area contributed by atoms with E-state index >= 15 is 0 Å². The molecule has 3 saturated heterocycles. The largest absolute Gasteiger partial charge is 0.394 e. The van der Waals surface area contributed by atoms with Crippen LogP contribution in [0.4, 0.5) is 5.69 Å². The lowest BCUT2D eigenvalue weighted by Crippen LogP contribution is -2.60. The van der Waals surface area contributed by atoms with Gasteiger partial charge in [-0.1, -0.05) is 51.1 Å². The number of rotatable bonds is 11. The van der Waals surface area contributed by atoms with Crippen LogP contribution >= 0.6 is 0 Å². The third kappa shape index (κ3) is 4.40. The minimum absolute atomic E-state index is 0.0827. The van der Waals surface area contributed by atoms with Crippen LogP contribution in [-0.2, 0) is 19.1 Å². The summed E-state index contributed by atoms with van der Waals surface area (Å²) in [6.45, 7) is 19.7. The highest BCUT2D eigenvalue weighted by atomic mass is 16.5. The van der Waals surface area contributed by atoms with Crippen molar-refractivity contribution in [2.75, 3.05) is 24.6 Å². The van der Waals surface area contributed by atoms with E-state index in [0.29, 0.717) is 18.7 Å². The first-order chi connectivity index (χ1) is 18.9. The first-order valence-electron chi connectivity index (χ1n) is 14.4. The number of fused-ring (bicyclic) bond motifs is 1. The summed E-state index contributed by atoms with van der Waals surface area (Å²) < 4.78 is 6.91. The number of ether oxygens (including phenoxy) is 1. The second kappa shape index (κ2) is 11.1. The lowest BCUT2D eigenvalue weighted by atomic mass is 9.62. The van der Waals surface area contributed by atoms with Gasteiger partial charge in [0.1, 0.15) is 11.6 Å². The Bertz CT molecular complexity index is 1150. The Kier molecular flexibility index (Phi) is 8.35. The molecule has 7 atom stereocenters. The summed E-state index contributed by atoms with van der Waals surface area (Å²) in [5, 5.41) is 10.5. The number of anilines is 1. The quantitative estimate of drug-likeness (QED) is 0.424. The molecule has 218 valence electrons. The van der Waals surface area contributed by atoms with Crippen LogP contribution < -0.4 is 4.90 Å². The Hall–Kier alpha value is -2.97. The van der Waals surface area contributed by atoms with Gasteiger partial charge in [0, 0.05) is 24.8 Å². The molecule has 3 amide bonds. The van der Waals surface area contributed by atoms with Crippen molar-refractivity contribution in [1.82, 2.24) is 9.80 Å². The van der Waals surface area contributed by atoms with Crippen molar-refractivity contribution >= 4 is 23.4 Å². The van der Waals surface area contributed by atoms with Gasteiger partial charge in [0.25, 0.3) is 0 Å². The number of likely N-dealkylation sites (tertiary alicyclic amines) is 1. The average Bonchev–Trinajstić information content (AvgIpc) is 3.42. The number of amides is 3. The fourth-order valence-corrected chi connectivity index (χ4v) is 7.39. The Balaban J connectivity index is 1.89. The molecule has 1 aromatic carbocycles. The lowest BCUT2D eigenvalue weighted by Gasteiger charge is -2.41. The molecule has 2 bridgehead atoms. The predicted octanol–water partition coefficient (Wildman–Crippen LogP) is 3.66. The smallest absolute Gasteiger partial charge is 0.248 e. The second-order valence-corrected chi connectivity index (χ2v) is 12.4. The van der Waals surface area contributed by atoms with Crippen molar-refractivity contribution < 1.29 is 24.2 Å². The van der Waals surface area contributed by atoms with Crippen LogP contribution in [0.1, 0.15) is 48.0 Å². The summed E-state index contributed by atoms with van der Waals surface area (Å²) in [4.78, 5) is 48.5. The summed E-state index contributed by atoms with van der Waals surface area (Å²) >= 11 is 0. The molecule has 1 spiro atoms. The van der Waals surface area contributed by atoms with Crippen molar-refractivity contribution in [3.8, 4) is 0 Å². The van der Waals surface area contributed by atoms with Gasteiger partial charge in [0.2, 0.25) is 17.7 Å². The predicted molar refractivity (Wildman–Crippen MR) is 155 cm³/mol. The van der Waals surface area contributed by atoms with Crippen LogP contribution in [-0.4, -0.2) is 81.7 Å². The van der Waals surface area contributed by atoms with Crippen molar-refractivity contribution in [2.24, 2.45) is 23.7 Å². The van der Waals surface area contributed by atoms with Gasteiger partial charge >= 0.3 is 0 Å². The average molecular weight is 552 g/mol. The van der Waals surface area contributed by atoms with E-state index in [9.17, 15) is 19.5 Å². The van der Waals surface area contributed by atoms with E-state index < -0.39 is 35.1 Å². The van der Waals surface area contributed by atoms with E-state index in [1.807, 2.05) is 71.9 Å². The van der Waals surface area contributed by atoms with E-state index in [4.69, 9.17) is 4.74 Å². The van der Waals surface area contributed by atoms with Gasteiger partial charge in [-0.15, -0.1) is 13.2 Å². The molecule has 40 heavy (non-hydrogen) atoms. The van der Waals surface area contributed by atoms with Crippen LogP contribution in [0.3, 0.4) is 0 Å². The Morgan fingerprint density at radius 2 is 1.75 bits per heavy atom. The zero-order chi connectivity index (χ0) is 29.6. The van der Waals surface area contributed by atoms with Gasteiger partial charge in [-0.2, -0.15) is 0 Å². The Labute approximate surface area is 238 Å². The molecule has 0 aliphatic carbocycles. The van der Waals surface area contributed by atoms with Gasteiger partial charge < -0.3 is 24.5 Å². The van der Waals surface area contributed by atoms with Gasteiger partial charge in [0.15, 0.2) is 0 Å². The van der Waals surface area contributed by atoms with Crippen molar-refractivity contribution in [3.05, 3.63) is 55.6 Å². The highest BCUT2D eigenvalue weighted by Crippen LogP contribution is 2.66. The van der Waals surface area contributed by atoms with Crippen molar-refractivity contribution in [1.29, 1.82) is 0 Å². The molecule has 8 nitrogen and oxygen atoms in total. The van der Waals surface area contributed by atoms with E-state index in [0.717, 1.165) is 0 Å². The van der Waals surface area contributed by atoms with E-state index in [2.05, 4.69) is 13.2 Å². The number of nitrogens with zero attached hydrogens (tertiary/aromatic N) is 3. The Morgan fingerprint density at radius 3 is 2.27 bits per heavy atom. The van der Waals surface area contributed by atoms with Gasteiger partial charge in [-0.3, -0.25) is 14.4 Å². The van der Waals surface area contributed by atoms with Crippen molar-refractivity contribution in [2.45, 2.75) is 77.3 Å². The van der Waals surface area contributed by atoms with Crippen LogP contribution in [0.15, 0.2) is 55.6 Å². The number of benzene rings is 1. The normalized spacial score (nSPS) is 31.4. The molecule has 3 fully saturated rings. The third-order valence-electron chi connectivity index (χ3n) is 9.44. The lowest BCUT2D eigenvalue weighted by molar-refractivity contribution is -0.157. The van der Waals surface area contributed by atoms with Gasteiger partial charge in [-0.05, 0) is 51.2 Å². The molecule has 8 heteroatoms. The zero-order valence-corrected chi connectivity index (χ0v) is 24.7. The number of carbonyl (C=O) groups excluding carboxylic acids is 3. The maximum Gasteiger partial charge on any atom is 0.248 e. The Morgan fingerprint density at radius 1 is 1.12 bits per heavy atom. The number of hydrogen-bond donors (Lipinski definition) is 1. The summed E-state index contributed by atoms with van der Waals surface area (Å²) in [6.07, 6.45) is 3.82. The summed E-state index contributed by atoms with van der Waals surface area (Å²) in [6, 6.07) is 7.65. The molecule has 1 aromatic rings. The molecule has 0 saturated carbocycles. The van der Waals surface area contributed by atoms with Gasteiger partial charge in [-0.25, -0.2) is 0 Å². The molecule has 3 heterocycles. The summed E-state index contributed by atoms with van der Waals surface area (Å²) in [5.74, 6) is -2.60. The minimum Gasteiger partial charge on any atom is -0.394 e.